The van der Waals surface area contributed by atoms with Crippen LogP contribution in [0.15, 0.2) is 0 Å². The Hall–Kier alpha value is -1.10. The number of carbonyl (C=O) groups excluding carboxylic acids is 2. The molecule has 5 nitrogen and oxygen atoms in total. The van der Waals surface area contributed by atoms with Crippen LogP contribution in [0.1, 0.15) is 26.7 Å². The zero-order chi connectivity index (χ0) is 12.0. The standard InChI is InChI=1S/C11H21N3O2/c1-3-12-10(15)7-14-11(16)9-5-4-6-13-8(9)2/h8-9,13H,3-7H2,1-2H3,(H,12,15)(H,14,16). The lowest BCUT2D eigenvalue weighted by atomic mass is 9.91. The maximum absolute atomic E-state index is 11.8. The van der Waals surface area contributed by atoms with Crippen LogP contribution in [0, 0.1) is 5.92 Å². The van der Waals surface area contributed by atoms with Crippen molar-refractivity contribution >= 4 is 11.8 Å². The Morgan fingerprint density at radius 2 is 2.12 bits per heavy atom. The van der Waals surface area contributed by atoms with Gasteiger partial charge < -0.3 is 16.0 Å². The SMILES string of the molecule is CCNC(=O)CNC(=O)C1CCCNC1C. The van der Waals surface area contributed by atoms with Crippen LogP contribution >= 0.6 is 0 Å². The summed E-state index contributed by atoms with van der Waals surface area (Å²) < 4.78 is 0. The van der Waals surface area contributed by atoms with E-state index in [0.717, 1.165) is 19.4 Å². The summed E-state index contributed by atoms with van der Waals surface area (Å²) in [6.07, 6.45) is 1.92. The lowest BCUT2D eigenvalue weighted by Gasteiger charge is -2.28. The Morgan fingerprint density at radius 1 is 1.38 bits per heavy atom. The van der Waals surface area contributed by atoms with E-state index in [2.05, 4.69) is 16.0 Å². The molecule has 2 atom stereocenters. The van der Waals surface area contributed by atoms with Gasteiger partial charge in [-0.05, 0) is 33.2 Å². The van der Waals surface area contributed by atoms with Crippen molar-refractivity contribution in [3.63, 3.8) is 0 Å². The van der Waals surface area contributed by atoms with Crippen molar-refractivity contribution in [1.82, 2.24) is 16.0 Å². The Bertz CT molecular complexity index is 256. The van der Waals surface area contributed by atoms with Gasteiger partial charge in [0, 0.05) is 12.6 Å². The van der Waals surface area contributed by atoms with E-state index in [1.165, 1.54) is 0 Å². The van der Waals surface area contributed by atoms with Gasteiger partial charge in [0.15, 0.2) is 0 Å². The van der Waals surface area contributed by atoms with Crippen molar-refractivity contribution in [2.24, 2.45) is 5.92 Å². The fraction of sp³-hybridized carbons (Fsp3) is 0.818. The van der Waals surface area contributed by atoms with Crippen LogP contribution < -0.4 is 16.0 Å². The van der Waals surface area contributed by atoms with Gasteiger partial charge in [-0.25, -0.2) is 0 Å². The van der Waals surface area contributed by atoms with Crippen LogP contribution in [0.25, 0.3) is 0 Å². The maximum Gasteiger partial charge on any atom is 0.239 e. The fourth-order valence-electron chi connectivity index (χ4n) is 1.96. The predicted octanol–water partition coefficient (Wildman–Crippen LogP) is -0.373. The Kier molecular flexibility index (Phi) is 5.25. The van der Waals surface area contributed by atoms with Crippen molar-refractivity contribution in [3.05, 3.63) is 0 Å². The molecule has 0 radical (unpaired) electrons. The molecule has 1 fully saturated rings. The molecule has 0 saturated carbocycles. The second kappa shape index (κ2) is 6.48. The average Bonchev–Trinajstić information content (AvgIpc) is 2.27. The summed E-state index contributed by atoms with van der Waals surface area (Å²) in [5.41, 5.74) is 0. The van der Waals surface area contributed by atoms with E-state index in [0.29, 0.717) is 6.54 Å². The Labute approximate surface area is 96.4 Å². The predicted molar refractivity (Wildman–Crippen MR) is 61.9 cm³/mol. The summed E-state index contributed by atoms with van der Waals surface area (Å²) in [5, 5.41) is 8.59. The lowest BCUT2D eigenvalue weighted by Crippen LogP contribution is -2.48. The summed E-state index contributed by atoms with van der Waals surface area (Å²) in [7, 11) is 0. The smallest absolute Gasteiger partial charge is 0.239 e. The minimum absolute atomic E-state index is 0.0109. The fourth-order valence-corrected chi connectivity index (χ4v) is 1.96. The summed E-state index contributed by atoms with van der Waals surface area (Å²) in [6, 6.07) is 0.197. The first-order valence-corrected chi connectivity index (χ1v) is 5.93. The summed E-state index contributed by atoms with van der Waals surface area (Å²) in [4.78, 5) is 23.0. The lowest BCUT2D eigenvalue weighted by molar-refractivity contribution is -0.129. The van der Waals surface area contributed by atoms with E-state index in [1.807, 2.05) is 13.8 Å². The van der Waals surface area contributed by atoms with E-state index >= 15 is 0 Å². The average molecular weight is 227 g/mol. The van der Waals surface area contributed by atoms with E-state index in [4.69, 9.17) is 0 Å². The number of hydrogen-bond donors (Lipinski definition) is 3. The molecule has 1 saturated heterocycles. The molecule has 0 aromatic carbocycles. The number of amides is 2. The van der Waals surface area contributed by atoms with Crippen molar-refractivity contribution in [2.45, 2.75) is 32.7 Å². The van der Waals surface area contributed by atoms with Gasteiger partial charge in [-0.15, -0.1) is 0 Å². The highest BCUT2D eigenvalue weighted by Crippen LogP contribution is 2.15. The molecule has 1 aliphatic heterocycles. The van der Waals surface area contributed by atoms with Crippen LogP contribution in [-0.2, 0) is 9.59 Å². The molecular formula is C11H21N3O2. The minimum Gasteiger partial charge on any atom is -0.355 e. The van der Waals surface area contributed by atoms with Gasteiger partial charge in [0.2, 0.25) is 11.8 Å². The molecule has 2 unspecified atom stereocenters. The third-order valence-corrected chi connectivity index (χ3v) is 2.90. The monoisotopic (exact) mass is 227 g/mol. The third kappa shape index (κ3) is 3.81. The molecule has 16 heavy (non-hydrogen) atoms. The minimum atomic E-state index is -0.132. The number of likely N-dealkylation sites (N-methyl/N-ethyl adjacent to an activating group) is 1. The van der Waals surface area contributed by atoms with Gasteiger partial charge in [0.1, 0.15) is 0 Å². The van der Waals surface area contributed by atoms with Crippen LogP contribution in [-0.4, -0.2) is 37.5 Å². The van der Waals surface area contributed by atoms with Gasteiger partial charge in [-0.1, -0.05) is 0 Å². The molecule has 0 aromatic rings. The highest BCUT2D eigenvalue weighted by molar-refractivity contribution is 5.86. The molecule has 0 aliphatic carbocycles. The van der Waals surface area contributed by atoms with Gasteiger partial charge in [-0.3, -0.25) is 9.59 Å². The van der Waals surface area contributed by atoms with Crippen molar-refractivity contribution in [1.29, 1.82) is 0 Å². The molecule has 92 valence electrons. The largest absolute Gasteiger partial charge is 0.355 e. The number of piperidine rings is 1. The summed E-state index contributed by atoms with van der Waals surface area (Å²) in [5.74, 6) is -0.165. The molecular weight excluding hydrogens is 206 g/mol. The molecule has 1 rings (SSSR count). The van der Waals surface area contributed by atoms with Gasteiger partial charge >= 0.3 is 0 Å². The number of hydrogen-bond acceptors (Lipinski definition) is 3. The highest BCUT2D eigenvalue weighted by Gasteiger charge is 2.27. The second-order valence-electron chi connectivity index (χ2n) is 4.16. The quantitative estimate of drug-likeness (QED) is 0.613. The molecule has 5 heteroatoms. The first kappa shape index (κ1) is 13.0. The molecule has 1 aliphatic rings. The van der Waals surface area contributed by atoms with Crippen molar-refractivity contribution in [2.75, 3.05) is 19.6 Å². The summed E-state index contributed by atoms with van der Waals surface area (Å²) >= 11 is 0. The summed E-state index contributed by atoms with van der Waals surface area (Å²) in [6.45, 7) is 5.51. The molecule has 3 N–H and O–H groups in total. The van der Waals surface area contributed by atoms with Gasteiger partial charge in [-0.2, -0.15) is 0 Å². The number of rotatable bonds is 4. The zero-order valence-corrected chi connectivity index (χ0v) is 10.0. The Balaban J connectivity index is 2.31. The molecule has 2 amide bonds. The third-order valence-electron chi connectivity index (χ3n) is 2.90. The highest BCUT2D eigenvalue weighted by atomic mass is 16.2. The van der Waals surface area contributed by atoms with Crippen molar-refractivity contribution in [3.8, 4) is 0 Å². The topological polar surface area (TPSA) is 70.2 Å². The van der Waals surface area contributed by atoms with Crippen LogP contribution in [0.5, 0.6) is 0 Å². The van der Waals surface area contributed by atoms with Crippen LogP contribution in [0.3, 0.4) is 0 Å². The van der Waals surface area contributed by atoms with E-state index < -0.39 is 0 Å². The number of carbonyl (C=O) groups is 2. The number of nitrogens with one attached hydrogen (secondary N) is 3. The van der Waals surface area contributed by atoms with Gasteiger partial charge in [0.25, 0.3) is 0 Å². The molecule has 1 heterocycles. The molecule has 0 aromatic heterocycles. The van der Waals surface area contributed by atoms with E-state index in [9.17, 15) is 9.59 Å². The van der Waals surface area contributed by atoms with E-state index in [1.54, 1.807) is 0 Å². The van der Waals surface area contributed by atoms with Crippen LogP contribution in [0.2, 0.25) is 0 Å². The second-order valence-corrected chi connectivity index (χ2v) is 4.16. The normalized spacial score (nSPS) is 24.9. The Morgan fingerprint density at radius 3 is 2.75 bits per heavy atom. The zero-order valence-electron chi connectivity index (χ0n) is 10.0. The van der Waals surface area contributed by atoms with Crippen LogP contribution in [0.4, 0.5) is 0 Å². The first-order chi connectivity index (χ1) is 7.65. The van der Waals surface area contributed by atoms with Gasteiger partial charge in [0.05, 0.1) is 12.5 Å². The first-order valence-electron chi connectivity index (χ1n) is 5.93. The molecule has 0 bridgehead atoms. The maximum atomic E-state index is 11.8. The molecule has 0 spiro atoms. The van der Waals surface area contributed by atoms with E-state index in [-0.39, 0.29) is 30.3 Å². The van der Waals surface area contributed by atoms with Crippen molar-refractivity contribution < 1.29 is 9.59 Å².